The molecule has 0 saturated heterocycles. The Bertz CT molecular complexity index is 550. The highest BCUT2D eigenvalue weighted by atomic mass is 16.5. The Morgan fingerprint density at radius 2 is 2.14 bits per heavy atom. The van der Waals surface area contributed by atoms with Gasteiger partial charge in [-0.05, 0) is 12.5 Å². The number of hydrogen-bond acceptors (Lipinski definition) is 5. The summed E-state index contributed by atoms with van der Waals surface area (Å²) in [6.45, 7) is 1.50. The maximum absolute atomic E-state index is 11.8. The summed E-state index contributed by atoms with van der Waals surface area (Å²) in [5.41, 5.74) is 0.978. The summed E-state index contributed by atoms with van der Waals surface area (Å²) in [4.78, 5) is 11.8. The van der Waals surface area contributed by atoms with Gasteiger partial charge in [-0.1, -0.05) is 18.2 Å². The van der Waals surface area contributed by atoms with Gasteiger partial charge in [-0.25, -0.2) is 0 Å². The molecule has 1 amide bonds. The molecule has 0 aliphatic carbocycles. The number of nitrogens with zero attached hydrogens (tertiary/aromatic N) is 1. The number of nitrogens with one attached hydrogen (secondary N) is 2. The number of benzene rings is 1. The molecule has 6 heteroatoms. The number of carbonyl (C=O) groups excluding carboxylic acids is 1. The van der Waals surface area contributed by atoms with Crippen molar-refractivity contribution < 1.29 is 14.3 Å². The van der Waals surface area contributed by atoms with Crippen molar-refractivity contribution in [2.24, 2.45) is 0 Å². The van der Waals surface area contributed by atoms with Gasteiger partial charge < -0.3 is 20.1 Å². The highest BCUT2D eigenvalue weighted by molar-refractivity contribution is 5.97. The second-order valence-corrected chi connectivity index (χ2v) is 4.46. The molecule has 1 rings (SSSR count). The normalized spacial score (nSPS) is 10.7. The van der Waals surface area contributed by atoms with Crippen LogP contribution in [0.2, 0.25) is 0 Å². The molecule has 0 radical (unpaired) electrons. The monoisotopic (exact) mass is 303 g/mol. The lowest BCUT2D eigenvalue weighted by Crippen LogP contribution is -2.27. The van der Waals surface area contributed by atoms with Crippen molar-refractivity contribution in [2.45, 2.75) is 13.0 Å². The molecule has 0 spiro atoms. The van der Waals surface area contributed by atoms with E-state index in [1.807, 2.05) is 30.3 Å². The Morgan fingerprint density at radius 3 is 2.82 bits per heavy atom. The van der Waals surface area contributed by atoms with Gasteiger partial charge in [0.2, 0.25) is 0 Å². The standard InChI is InChI=1S/C16H21N3O3/c1-21-9-5-8-19-16(20)14(10-17)12-18-11-13-6-3-4-7-15(13)22-2/h3-4,6-7,12,18H,5,8-9,11H2,1-2H3,(H,19,20)/b14-12-. The molecular formula is C16H21N3O3. The highest BCUT2D eigenvalue weighted by Crippen LogP contribution is 2.16. The van der Waals surface area contributed by atoms with Crippen molar-refractivity contribution in [1.82, 2.24) is 10.6 Å². The van der Waals surface area contributed by atoms with Crippen LogP contribution in [0.15, 0.2) is 36.0 Å². The van der Waals surface area contributed by atoms with Gasteiger partial charge in [0.25, 0.3) is 5.91 Å². The number of ether oxygens (including phenoxy) is 2. The molecule has 0 heterocycles. The molecule has 22 heavy (non-hydrogen) atoms. The van der Waals surface area contributed by atoms with E-state index in [2.05, 4.69) is 10.6 Å². The second-order valence-electron chi connectivity index (χ2n) is 4.46. The lowest BCUT2D eigenvalue weighted by atomic mass is 10.2. The van der Waals surface area contributed by atoms with E-state index in [-0.39, 0.29) is 5.57 Å². The number of nitriles is 1. The highest BCUT2D eigenvalue weighted by Gasteiger charge is 2.08. The zero-order valence-corrected chi connectivity index (χ0v) is 12.9. The first-order valence-electron chi connectivity index (χ1n) is 6.95. The quantitative estimate of drug-likeness (QED) is 0.409. The minimum atomic E-state index is -0.397. The van der Waals surface area contributed by atoms with E-state index in [1.165, 1.54) is 6.20 Å². The van der Waals surface area contributed by atoms with Gasteiger partial charge in [0.1, 0.15) is 17.4 Å². The number of carbonyl (C=O) groups is 1. The number of para-hydroxylation sites is 1. The third kappa shape index (κ3) is 5.85. The smallest absolute Gasteiger partial charge is 0.263 e. The summed E-state index contributed by atoms with van der Waals surface area (Å²) in [6, 6.07) is 9.43. The van der Waals surface area contributed by atoms with E-state index >= 15 is 0 Å². The molecular weight excluding hydrogens is 282 g/mol. The molecule has 0 aliphatic heterocycles. The van der Waals surface area contributed by atoms with Crippen LogP contribution in [-0.2, 0) is 16.1 Å². The minimum absolute atomic E-state index is 0.0346. The first kappa shape index (κ1) is 17.5. The summed E-state index contributed by atoms with van der Waals surface area (Å²) in [7, 11) is 3.20. The van der Waals surface area contributed by atoms with Crippen molar-refractivity contribution in [3.8, 4) is 11.8 Å². The summed E-state index contributed by atoms with van der Waals surface area (Å²) >= 11 is 0. The Morgan fingerprint density at radius 1 is 1.36 bits per heavy atom. The first-order valence-corrected chi connectivity index (χ1v) is 6.95. The summed E-state index contributed by atoms with van der Waals surface area (Å²) in [6.07, 6.45) is 2.12. The molecule has 0 saturated carbocycles. The second kappa shape index (κ2) is 10.2. The Hall–Kier alpha value is -2.52. The molecule has 0 atom stereocenters. The van der Waals surface area contributed by atoms with Crippen LogP contribution in [0.4, 0.5) is 0 Å². The maximum atomic E-state index is 11.8. The topological polar surface area (TPSA) is 83.4 Å². The van der Waals surface area contributed by atoms with E-state index in [1.54, 1.807) is 14.2 Å². The molecule has 118 valence electrons. The van der Waals surface area contributed by atoms with Crippen molar-refractivity contribution in [1.29, 1.82) is 5.26 Å². The van der Waals surface area contributed by atoms with E-state index in [0.29, 0.717) is 26.1 Å². The van der Waals surface area contributed by atoms with Gasteiger partial charge in [-0.15, -0.1) is 0 Å². The van der Waals surface area contributed by atoms with Crippen LogP contribution in [0.1, 0.15) is 12.0 Å². The fourth-order valence-electron chi connectivity index (χ4n) is 1.77. The predicted octanol–water partition coefficient (Wildman–Crippen LogP) is 1.34. The van der Waals surface area contributed by atoms with Crippen molar-refractivity contribution in [2.75, 3.05) is 27.4 Å². The largest absolute Gasteiger partial charge is 0.496 e. The van der Waals surface area contributed by atoms with Crippen LogP contribution < -0.4 is 15.4 Å². The van der Waals surface area contributed by atoms with E-state index in [4.69, 9.17) is 14.7 Å². The number of rotatable bonds is 9. The van der Waals surface area contributed by atoms with Crippen LogP contribution >= 0.6 is 0 Å². The molecule has 0 bridgehead atoms. The van der Waals surface area contributed by atoms with Gasteiger partial charge in [0.05, 0.1) is 7.11 Å². The van der Waals surface area contributed by atoms with Crippen LogP contribution in [0, 0.1) is 11.3 Å². The fraction of sp³-hybridized carbons (Fsp3) is 0.375. The number of amides is 1. The van der Waals surface area contributed by atoms with Crippen LogP contribution in [0.25, 0.3) is 0 Å². The molecule has 0 aromatic heterocycles. The van der Waals surface area contributed by atoms with Gasteiger partial charge in [0.15, 0.2) is 0 Å². The Balaban J connectivity index is 2.51. The van der Waals surface area contributed by atoms with Crippen molar-refractivity contribution in [3.05, 3.63) is 41.6 Å². The SMILES string of the molecule is COCCCNC(=O)/C(C#N)=C\NCc1ccccc1OC. The lowest BCUT2D eigenvalue weighted by Gasteiger charge is -2.08. The summed E-state index contributed by atoms with van der Waals surface area (Å²) in [5, 5.41) is 14.7. The first-order chi connectivity index (χ1) is 10.7. The third-order valence-corrected chi connectivity index (χ3v) is 2.91. The summed E-state index contributed by atoms with van der Waals surface area (Å²) < 4.78 is 10.1. The van der Waals surface area contributed by atoms with Crippen molar-refractivity contribution in [3.63, 3.8) is 0 Å². The average Bonchev–Trinajstić information content (AvgIpc) is 2.55. The van der Waals surface area contributed by atoms with Gasteiger partial charge in [-0.3, -0.25) is 4.79 Å². The van der Waals surface area contributed by atoms with Crippen LogP contribution in [0.3, 0.4) is 0 Å². The zero-order chi connectivity index (χ0) is 16.2. The molecule has 0 fully saturated rings. The van der Waals surface area contributed by atoms with Crippen molar-refractivity contribution >= 4 is 5.91 Å². The summed E-state index contributed by atoms with van der Waals surface area (Å²) in [5.74, 6) is 0.358. The molecule has 1 aromatic rings. The van der Waals surface area contributed by atoms with Gasteiger partial charge in [-0.2, -0.15) is 5.26 Å². The minimum Gasteiger partial charge on any atom is -0.496 e. The number of methoxy groups -OCH3 is 2. The Labute approximate surface area is 130 Å². The van der Waals surface area contributed by atoms with Gasteiger partial charge in [0, 0.05) is 38.6 Å². The fourth-order valence-corrected chi connectivity index (χ4v) is 1.77. The van der Waals surface area contributed by atoms with Crippen LogP contribution in [-0.4, -0.2) is 33.3 Å². The van der Waals surface area contributed by atoms with Crippen LogP contribution in [0.5, 0.6) is 5.75 Å². The van der Waals surface area contributed by atoms with E-state index < -0.39 is 5.91 Å². The molecule has 6 nitrogen and oxygen atoms in total. The molecule has 0 aliphatic rings. The lowest BCUT2D eigenvalue weighted by molar-refractivity contribution is -0.117. The van der Waals surface area contributed by atoms with E-state index in [0.717, 1.165) is 11.3 Å². The maximum Gasteiger partial charge on any atom is 0.263 e. The molecule has 1 aromatic carbocycles. The van der Waals surface area contributed by atoms with E-state index in [9.17, 15) is 4.79 Å². The average molecular weight is 303 g/mol. The third-order valence-electron chi connectivity index (χ3n) is 2.91. The predicted molar refractivity (Wildman–Crippen MR) is 83.0 cm³/mol. The molecule has 2 N–H and O–H groups in total. The Kier molecular flexibility index (Phi) is 8.16. The zero-order valence-electron chi connectivity index (χ0n) is 12.9. The molecule has 0 unspecified atom stereocenters. The van der Waals surface area contributed by atoms with Gasteiger partial charge >= 0.3 is 0 Å². The number of hydrogen-bond donors (Lipinski definition) is 2.